The number of ether oxygens (including phenoxy) is 2. The molecule has 1 aromatic heterocycles. The Morgan fingerprint density at radius 1 is 1.57 bits per heavy atom. The molecule has 0 saturated carbocycles. The molecule has 0 aliphatic carbocycles. The van der Waals surface area contributed by atoms with Gasteiger partial charge < -0.3 is 9.47 Å². The molecule has 0 unspecified atom stereocenters. The third kappa shape index (κ3) is 2.70. The van der Waals surface area contributed by atoms with Gasteiger partial charge in [0.25, 0.3) is 0 Å². The van der Waals surface area contributed by atoms with E-state index in [-0.39, 0.29) is 0 Å². The first kappa shape index (κ1) is 9.95. The Balaban J connectivity index is 1.76. The molecule has 0 radical (unpaired) electrons. The molecule has 1 aromatic rings. The largest absolute Gasteiger partial charge is 0.381 e. The summed E-state index contributed by atoms with van der Waals surface area (Å²) < 4.78 is 12.3. The van der Waals surface area contributed by atoms with Crippen molar-refractivity contribution < 1.29 is 9.47 Å². The molecule has 1 fully saturated rings. The molecule has 0 amide bonds. The smallest absolute Gasteiger partial charge is 0.109 e. The first-order chi connectivity index (χ1) is 6.84. The zero-order valence-electron chi connectivity index (χ0n) is 7.80. The number of rotatable bonds is 3. The number of thiol groups is 1. The highest BCUT2D eigenvalue weighted by Crippen LogP contribution is 2.12. The van der Waals surface area contributed by atoms with Crippen molar-refractivity contribution in [2.75, 3.05) is 13.2 Å². The zero-order valence-corrected chi connectivity index (χ0v) is 8.69. The van der Waals surface area contributed by atoms with Gasteiger partial charge in [0.15, 0.2) is 0 Å². The van der Waals surface area contributed by atoms with Crippen LogP contribution in [0.2, 0.25) is 0 Å². The maximum absolute atomic E-state index is 5.65. The maximum Gasteiger partial charge on any atom is 0.109 e. The molecule has 5 nitrogen and oxygen atoms in total. The molecule has 2 rings (SSSR count). The average molecular weight is 215 g/mol. The minimum Gasteiger partial charge on any atom is -0.381 e. The summed E-state index contributed by atoms with van der Waals surface area (Å²) in [5.41, 5.74) is 0.812. The van der Waals surface area contributed by atoms with E-state index in [1.807, 2.05) is 0 Å². The highest BCUT2D eigenvalue weighted by Gasteiger charge is 2.14. The van der Waals surface area contributed by atoms with Gasteiger partial charge in [-0.25, -0.2) is 0 Å². The van der Waals surface area contributed by atoms with E-state index < -0.39 is 0 Å². The van der Waals surface area contributed by atoms with E-state index in [2.05, 4.69) is 23.1 Å². The van der Waals surface area contributed by atoms with Crippen LogP contribution in [0.15, 0.2) is 6.20 Å². The van der Waals surface area contributed by atoms with Crippen molar-refractivity contribution >= 4 is 12.8 Å². The Morgan fingerprint density at radius 2 is 2.36 bits per heavy atom. The number of hydrogen-bond acceptors (Lipinski definition) is 5. The van der Waals surface area contributed by atoms with Crippen molar-refractivity contribution in [3.8, 4) is 0 Å². The Hall–Kier alpha value is -0.590. The summed E-state index contributed by atoms with van der Waals surface area (Å²) in [6, 6.07) is 0. The number of hydrogen-bond donors (Lipinski definition) is 1. The molecule has 0 bridgehead atoms. The van der Waals surface area contributed by atoms with E-state index in [0.717, 1.165) is 31.7 Å². The summed E-state index contributed by atoms with van der Waals surface area (Å²) in [5.74, 6) is 0. The first-order valence-corrected chi connectivity index (χ1v) is 5.04. The molecule has 6 heteroatoms. The fourth-order valence-electron chi connectivity index (χ4n) is 1.40. The highest BCUT2D eigenvalue weighted by molar-refractivity contribution is 7.78. The maximum atomic E-state index is 5.65. The minimum absolute atomic E-state index is 0.300. The average Bonchev–Trinajstić information content (AvgIpc) is 2.63. The second-order valence-corrected chi connectivity index (χ2v) is 3.66. The fraction of sp³-hybridized carbons (Fsp3) is 0.750. The van der Waals surface area contributed by atoms with Gasteiger partial charge in [0.05, 0.1) is 18.9 Å². The van der Waals surface area contributed by atoms with Crippen LogP contribution in [-0.2, 0) is 16.1 Å². The fourth-order valence-corrected chi connectivity index (χ4v) is 1.57. The van der Waals surface area contributed by atoms with Gasteiger partial charge in [0.2, 0.25) is 0 Å². The van der Waals surface area contributed by atoms with E-state index in [0.29, 0.717) is 12.7 Å². The van der Waals surface area contributed by atoms with Gasteiger partial charge >= 0.3 is 0 Å². The van der Waals surface area contributed by atoms with Gasteiger partial charge in [0, 0.05) is 13.2 Å². The Labute approximate surface area is 87.9 Å². The van der Waals surface area contributed by atoms with Crippen molar-refractivity contribution in [3.63, 3.8) is 0 Å². The summed E-state index contributed by atoms with van der Waals surface area (Å²) in [6.07, 6.45) is 3.97. The monoisotopic (exact) mass is 215 g/mol. The van der Waals surface area contributed by atoms with Crippen molar-refractivity contribution in [3.05, 3.63) is 11.9 Å². The second-order valence-electron chi connectivity index (χ2n) is 3.25. The SMILES string of the molecule is Sn1cc(COC2CCOCC2)nn1. The predicted molar refractivity (Wildman–Crippen MR) is 53.0 cm³/mol. The van der Waals surface area contributed by atoms with Crippen molar-refractivity contribution in [1.29, 1.82) is 0 Å². The van der Waals surface area contributed by atoms with Gasteiger partial charge in [-0.05, 0) is 25.7 Å². The molecule has 1 aliphatic rings. The van der Waals surface area contributed by atoms with Gasteiger partial charge in [-0.2, -0.15) is 4.09 Å². The molecule has 2 heterocycles. The molecule has 0 aromatic carbocycles. The molecule has 14 heavy (non-hydrogen) atoms. The summed E-state index contributed by atoms with van der Waals surface area (Å²) >= 11 is 3.99. The van der Waals surface area contributed by atoms with Gasteiger partial charge in [-0.1, -0.05) is 5.21 Å². The predicted octanol–water partition coefficient (Wildman–Crippen LogP) is 0.667. The van der Waals surface area contributed by atoms with Crippen LogP contribution in [0, 0.1) is 0 Å². The molecular formula is C8H13N3O2S. The molecule has 78 valence electrons. The second kappa shape index (κ2) is 4.77. The minimum atomic E-state index is 0.300. The van der Waals surface area contributed by atoms with Gasteiger partial charge in [-0.15, -0.1) is 5.10 Å². The van der Waals surface area contributed by atoms with E-state index in [4.69, 9.17) is 9.47 Å². The van der Waals surface area contributed by atoms with E-state index in [9.17, 15) is 0 Å². The number of aromatic nitrogens is 3. The van der Waals surface area contributed by atoms with Crippen molar-refractivity contribution in [2.24, 2.45) is 0 Å². The standard InChI is InChI=1S/C8H13N3O2S/c14-11-5-7(9-10-11)6-13-8-1-3-12-4-2-8/h5,8,14H,1-4,6H2. The van der Waals surface area contributed by atoms with Crippen LogP contribution in [0.1, 0.15) is 18.5 Å². The summed E-state index contributed by atoms with van der Waals surface area (Å²) in [6.45, 7) is 2.10. The van der Waals surface area contributed by atoms with Crippen molar-refractivity contribution in [2.45, 2.75) is 25.6 Å². The lowest BCUT2D eigenvalue weighted by Crippen LogP contribution is -2.23. The summed E-state index contributed by atoms with van der Waals surface area (Å²) in [7, 11) is 0. The van der Waals surface area contributed by atoms with Crippen LogP contribution in [0.3, 0.4) is 0 Å². The van der Waals surface area contributed by atoms with Crippen LogP contribution in [0.5, 0.6) is 0 Å². The van der Waals surface area contributed by atoms with E-state index in [1.165, 1.54) is 4.09 Å². The van der Waals surface area contributed by atoms with Gasteiger partial charge in [0.1, 0.15) is 5.69 Å². The Morgan fingerprint density at radius 3 is 3.00 bits per heavy atom. The van der Waals surface area contributed by atoms with E-state index >= 15 is 0 Å². The molecular weight excluding hydrogens is 202 g/mol. The summed E-state index contributed by atoms with van der Waals surface area (Å²) in [4.78, 5) is 0. The first-order valence-electron chi connectivity index (χ1n) is 4.64. The third-order valence-electron chi connectivity index (χ3n) is 2.16. The number of nitrogens with zero attached hydrogens (tertiary/aromatic N) is 3. The van der Waals surface area contributed by atoms with Crippen LogP contribution in [-0.4, -0.2) is 33.7 Å². The molecule has 0 N–H and O–H groups in total. The molecule has 0 spiro atoms. The van der Waals surface area contributed by atoms with E-state index in [1.54, 1.807) is 6.20 Å². The van der Waals surface area contributed by atoms with Gasteiger partial charge in [-0.3, -0.25) is 0 Å². The molecule has 1 saturated heterocycles. The Kier molecular flexibility index (Phi) is 3.39. The molecule has 0 atom stereocenters. The molecule has 1 aliphatic heterocycles. The quantitative estimate of drug-likeness (QED) is 0.753. The normalized spacial score (nSPS) is 18.6. The lowest BCUT2D eigenvalue weighted by atomic mass is 10.1. The lowest BCUT2D eigenvalue weighted by Gasteiger charge is -2.21. The topological polar surface area (TPSA) is 49.2 Å². The zero-order chi connectivity index (χ0) is 9.80. The van der Waals surface area contributed by atoms with Crippen LogP contribution in [0.25, 0.3) is 0 Å². The highest BCUT2D eigenvalue weighted by atomic mass is 32.1. The Bertz CT molecular complexity index is 286. The van der Waals surface area contributed by atoms with Crippen LogP contribution >= 0.6 is 12.8 Å². The third-order valence-corrected chi connectivity index (χ3v) is 2.36. The van der Waals surface area contributed by atoms with Crippen LogP contribution < -0.4 is 0 Å². The van der Waals surface area contributed by atoms with Crippen LogP contribution in [0.4, 0.5) is 0 Å². The van der Waals surface area contributed by atoms with Crippen molar-refractivity contribution in [1.82, 2.24) is 14.4 Å². The lowest BCUT2D eigenvalue weighted by molar-refractivity contribution is -0.0399. The summed E-state index contributed by atoms with van der Waals surface area (Å²) in [5, 5.41) is 7.59.